The second-order valence-corrected chi connectivity index (χ2v) is 6.80. The zero-order valence-corrected chi connectivity index (χ0v) is 15.6. The molecule has 0 saturated heterocycles. The number of thioether (sulfide) groups is 2. The van der Waals surface area contributed by atoms with Crippen molar-refractivity contribution in [3.63, 3.8) is 0 Å². The maximum Gasteiger partial charge on any atom is 0.351 e. The first kappa shape index (κ1) is 19.8. The third kappa shape index (κ3) is 6.78. The number of nitrogens with zero attached hydrogens (tertiary/aromatic N) is 3. The highest BCUT2D eigenvalue weighted by atomic mass is 32.2. The number of carbonyl (C=O) groups excluding carboxylic acids is 1. The summed E-state index contributed by atoms with van der Waals surface area (Å²) < 4.78 is 11.0. The Bertz CT molecular complexity index is 583. The van der Waals surface area contributed by atoms with Crippen LogP contribution in [0.15, 0.2) is 14.9 Å². The molecule has 0 aliphatic heterocycles. The summed E-state index contributed by atoms with van der Waals surface area (Å²) >= 11 is 4.25. The lowest BCUT2D eigenvalue weighted by Crippen LogP contribution is -2.18. The third-order valence-corrected chi connectivity index (χ3v) is 5.09. The maximum absolute atomic E-state index is 12.0. The van der Waals surface area contributed by atoms with Crippen molar-refractivity contribution in [3.8, 4) is 6.07 Å². The lowest BCUT2D eigenvalue weighted by molar-refractivity contribution is -0.140. The highest BCUT2D eigenvalue weighted by molar-refractivity contribution is 8.02. The Labute approximate surface area is 147 Å². The van der Waals surface area contributed by atoms with E-state index in [4.69, 9.17) is 9.47 Å². The SMILES string of the molecule is CCOCCOC(=O)/C(C#N)=C(/NCc1nnc(SC)s1)SC. The van der Waals surface area contributed by atoms with Gasteiger partial charge in [-0.2, -0.15) is 5.26 Å². The van der Waals surface area contributed by atoms with Crippen LogP contribution in [-0.4, -0.2) is 48.5 Å². The molecule has 0 bridgehead atoms. The lowest BCUT2D eigenvalue weighted by Gasteiger charge is -2.10. The molecule has 0 atom stereocenters. The highest BCUT2D eigenvalue weighted by Crippen LogP contribution is 2.21. The Hall–Kier alpha value is -1.28. The molecular formula is C13H18N4O3S3. The van der Waals surface area contributed by atoms with E-state index in [2.05, 4.69) is 15.5 Å². The van der Waals surface area contributed by atoms with Crippen LogP contribution in [0, 0.1) is 11.3 Å². The third-order valence-electron chi connectivity index (χ3n) is 2.44. The van der Waals surface area contributed by atoms with Crippen LogP contribution in [0.2, 0.25) is 0 Å². The largest absolute Gasteiger partial charge is 0.459 e. The molecule has 0 saturated carbocycles. The van der Waals surface area contributed by atoms with E-state index in [-0.39, 0.29) is 12.2 Å². The van der Waals surface area contributed by atoms with Crippen molar-refractivity contribution in [2.45, 2.75) is 17.8 Å². The average molecular weight is 375 g/mol. The summed E-state index contributed by atoms with van der Waals surface area (Å²) in [5, 5.41) is 21.5. The molecule has 23 heavy (non-hydrogen) atoms. The molecule has 0 radical (unpaired) electrons. The van der Waals surface area contributed by atoms with Crippen LogP contribution >= 0.6 is 34.9 Å². The number of nitriles is 1. The molecule has 1 N–H and O–H groups in total. The summed E-state index contributed by atoms with van der Waals surface area (Å²) in [6, 6.07) is 1.89. The molecule has 10 heteroatoms. The quantitative estimate of drug-likeness (QED) is 0.217. The van der Waals surface area contributed by atoms with Gasteiger partial charge in [0.05, 0.1) is 18.2 Å². The molecule has 0 aromatic carbocycles. The van der Waals surface area contributed by atoms with Crippen LogP contribution in [-0.2, 0) is 20.8 Å². The van der Waals surface area contributed by atoms with E-state index in [0.29, 0.717) is 24.8 Å². The standard InChI is InChI=1S/C13H18N4O3S3/c1-4-19-5-6-20-12(18)9(7-14)11(21-2)15-8-10-16-17-13(22-3)23-10/h15H,4-6,8H2,1-3H3/b11-9-. The Morgan fingerprint density at radius 2 is 2.17 bits per heavy atom. The fraction of sp³-hybridized carbons (Fsp3) is 0.538. The molecule has 0 amide bonds. The van der Waals surface area contributed by atoms with Crippen LogP contribution in [0.1, 0.15) is 11.9 Å². The summed E-state index contributed by atoms with van der Waals surface area (Å²) in [5.74, 6) is -0.661. The van der Waals surface area contributed by atoms with Crippen LogP contribution in [0.25, 0.3) is 0 Å². The zero-order valence-electron chi connectivity index (χ0n) is 13.1. The smallest absolute Gasteiger partial charge is 0.351 e. The average Bonchev–Trinajstić information content (AvgIpc) is 3.03. The second-order valence-electron chi connectivity index (χ2n) is 3.87. The van der Waals surface area contributed by atoms with Crippen LogP contribution in [0.3, 0.4) is 0 Å². The van der Waals surface area contributed by atoms with Crippen molar-refractivity contribution in [3.05, 3.63) is 15.6 Å². The second kappa shape index (κ2) is 11.3. The van der Waals surface area contributed by atoms with Gasteiger partial charge in [-0.1, -0.05) is 23.1 Å². The normalized spacial score (nSPS) is 11.6. The molecule has 1 heterocycles. The van der Waals surface area contributed by atoms with Gasteiger partial charge in [0.25, 0.3) is 0 Å². The number of nitrogens with one attached hydrogen (secondary N) is 1. The first-order valence-corrected chi connectivity index (χ1v) is 9.96. The summed E-state index contributed by atoms with van der Waals surface area (Å²) in [6.07, 6.45) is 3.71. The van der Waals surface area contributed by atoms with Gasteiger partial charge in [0.1, 0.15) is 17.7 Å². The number of carbonyl (C=O) groups is 1. The van der Waals surface area contributed by atoms with E-state index in [0.717, 1.165) is 9.35 Å². The van der Waals surface area contributed by atoms with Gasteiger partial charge in [0.2, 0.25) is 0 Å². The van der Waals surface area contributed by atoms with Crippen molar-refractivity contribution in [2.75, 3.05) is 32.3 Å². The summed E-state index contributed by atoms with van der Waals surface area (Å²) in [6.45, 7) is 3.23. The Balaban J connectivity index is 2.66. The molecule has 0 unspecified atom stereocenters. The minimum Gasteiger partial charge on any atom is -0.459 e. The molecule has 1 aromatic heterocycles. The van der Waals surface area contributed by atoms with Crippen LogP contribution < -0.4 is 5.32 Å². The van der Waals surface area contributed by atoms with Gasteiger partial charge in [0.15, 0.2) is 9.91 Å². The summed E-state index contributed by atoms with van der Waals surface area (Å²) in [5.41, 5.74) is -0.0522. The van der Waals surface area contributed by atoms with E-state index in [9.17, 15) is 10.1 Å². The molecule has 7 nitrogen and oxygen atoms in total. The number of aromatic nitrogens is 2. The molecule has 0 fully saturated rings. The number of ether oxygens (including phenoxy) is 2. The van der Waals surface area contributed by atoms with Crippen molar-refractivity contribution in [1.82, 2.24) is 15.5 Å². The molecule has 0 spiro atoms. The van der Waals surface area contributed by atoms with Gasteiger partial charge < -0.3 is 14.8 Å². The van der Waals surface area contributed by atoms with E-state index < -0.39 is 5.97 Å². The predicted molar refractivity (Wildman–Crippen MR) is 92.1 cm³/mol. The number of hydrogen-bond acceptors (Lipinski definition) is 10. The van der Waals surface area contributed by atoms with Gasteiger partial charge in [0, 0.05) is 6.61 Å². The molecule has 0 aliphatic carbocycles. The number of esters is 1. The first-order valence-electron chi connectivity index (χ1n) is 6.69. The van der Waals surface area contributed by atoms with Crippen molar-refractivity contribution in [1.29, 1.82) is 5.26 Å². The highest BCUT2D eigenvalue weighted by Gasteiger charge is 2.17. The molecule has 0 aliphatic rings. The minimum atomic E-state index is -0.661. The molecule has 126 valence electrons. The van der Waals surface area contributed by atoms with Gasteiger partial charge in [-0.3, -0.25) is 0 Å². The fourth-order valence-electron chi connectivity index (χ4n) is 1.41. The summed E-state index contributed by atoms with van der Waals surface area (Å²) in [4.78, 5) is 12.0. The predicted octanol–water partition coefficient (Wildman–Crippen LogP) is 2.03. The van der Waals surface area contributed by atoms with Crippen LogP contribution in [0.4, 0.5) is 0 Å². The number of rotatable bonds is 10. The first-order chi connectivity index (χ1) is 11.2. The lowest BCUT2D eigenvalue weighted by atomic mass is 10.3. The Morgan fingerprint density at radius 3 is 2.74 bits per heavy atom. The van der Waals surface area contributed by atoms with Crippen molar-refractivity contribution in [2.24, 2.45) is 0 Å². The van der Waals surface area contributed by atoms with Crippen LogP contribution in [0.5, 0.6) is 0 Å². The molecule has 1 aromatic rings. The van der Waals surface area contributed by atoms with Gasteiger partial charge in [-0.25, -0.2) is 4.79 Å². The monoisotopic (exact) mass is 374 g/mol. The van der Waals surface area contributed by atoms with Crippen molar-refractivity contribution < 1.29 is 14.3 Å². The summed E-state index contributed by atoms with van der Waals surface area (Å²) in [7, 11) is 0. The topological polar surface area (TPSA) is 97.1 Å². The van der Waals surface area contributed by atoms with E-state index in [1.807, 2.05) is 19.2 Å². The minimum absolute atomic E-state index is 0.0522. The number of hydrogen-bond donors (Lipinski definition) is 1. The van der Waals surface area contributed by atoms with E-state index >= 15 is 0 Å². The van der Waals surface area contributed by atoms with E-state index in [1.54, 1.807) is 6.26 Å². The maximum atomic E-state index is 12.0. The zero-order chi connectivity index (χ0) is 17.1. The Morgan fingerprint density at radius 1 is 1.39 bits per heavy atom. The van der Waals surface area contributed by atoms with Gasteiger partial charge in [-0.15, -0.1) is 22.0 Å². The van der Waals surface area contributed by atoms with E-state index in [1.165, 1.54) is 34.9 Å². The van der Waals surface area contributed by atoms with Gasteiger partial charge >= 0.3 is 5.97 Å². The Kier molecular flexibility index (Phi) is 9.70. The molecule has 1 rings (SSSR count). The van der Waals surface area contributed by atoms with Gasteiger partial charge in [-0.05, 0) is 19.4 Å². The fourth-order valence-corrected chi connectivity index (χ4v) is 3.21. The van der Waals surface area contributed by atoms with Crippen molar-refractivity contribution >= 4 is 40.8 Å². The molecular weight excluding hydrogens is 356 g/mol.